The van der Waals surface area contributed by atoms with Gasteiger partial charge in [0.2, 0.25) is 0 Å². The molecule has 0 aliphatic heterocycles. The first-order chi connectivity index (χ1) is 10.6. The average Bonchev–Trinajstić information content (AvgIpc) is 2.52. The molecule has 2 aromatic rings. The molecular formula is C18H20O4. The number of carboxylic acids is 1. The summed E-state index contributed by atoms with van der Waals surface area (Å²) in [6.45, 7) is 1.98. The lowest BCUT2D eigenvalue weighted by molar-refractivity contribution is -0.138. The molecule has 0 aliphatic carbocycles. The fraction of sp³-hybridized carbons (Fsp3) is 0.278. The third-order valence-electron chi connectivity index (χ3n) is 3.69. The molecule has 0 heterocycles. The van der Waals surface area contributed by atoms with E-state index in [-0.39, 0.29) is 0 Å². The molecule has 4 heteroatoms. The van der Waals surface area contributed by atoms with Crippen LogP contribution in [0.3, 0.4) is 0 Å². The van der Waals surface area contributed by atoms with E-state index in [0.717, 1.165) is 16.7 Å². The predicted molar refractivity (Wildman–Crippen MR) is 84.8 cm³/mol. The summed E-state index contributed by atoms with van der Waals surface area (Å²) >= 11 is 0. The van der Waals surface area contributed by atoms with E-state index in [1.165, 1.54) is 0 Å². The summed E-state index contributed by atoms with van der Waals surface area (Å²) < 4.78 is 10.7. The Bertz CT molecular complexity index is 647. The van der Waals surface area contributed by atoms with Gasteiger partial charge in [0.15, 0.2) is 11.5 Å². The van der Waals surface area contributed by atoms with E-state index >= 15 is 0 Å². The number of para-hydroxylation sites is 1. The molecule has 1 atom stereocenters. The molecule has 1 N–H and O–H groups in total. The summed E-state index contributed by atoms with van der Waals surface area (Å²) in [4.78, 5) is 11.7. The van der Waals surface area contributed by atoms with Crippen LogP contribution in [0.2, 0.25) is 0 Å². The van der Waals surface area contributed by atoms with Gasteiger partial charge in [-0.15, -0.1) is 0 Å². The first kappa shape index (κ1) is 15.9. The lowest BCUT2D eigenvalue weighted by Crippen LogP contribution is -2.15. The highest BCUT2D eigenvalue weighted by Crippen LogP contribution is 2.34. The van der Waals surface area contributed by atoms with Crippen molar-refractivity contribution in [3.05, 3.63) is 59.2 Å². The number of aryl methyl sites for hydroxylation is 1. The second-order valence-electron chi connectivity index (χ2n) is 5.16. The fourth-order valence-electron chi connectivity index (χ4n) is 2.48. The highest BCUT2D eigenvalue weighted by molar-refractivity contribution is 5.76. The molecular weight excluding hydrogens is 280 g/mol. The molecule has 2 aromatic carbocycles. The SMILES string of the molecule is COc1cccc(CC(C(=O)O)c2ccc(C)cc2)c1OC. The van der Waals surface area contributed by atoms with Gasteiger partial charge in [0.1, 0.15) is 0 Å². The molecule has 1 unspecified atom stereocenters. The number of hydrogen-bond acceptors (Lipinski definition) is 3. The average molecular weight is 300 g/mol. The molecule has 2 rings (SSSR count). The van der Waals surface area contributed by atoms with Crippen molar-refractivity contribution < 1.29 is 19.4 Å². The largest absolute Gasteiger partial charge is 0.493 e. The Labute approximate surface area is 130 Å². The number of rotatable bonds is 6. The van der Waals surface area contributed by atoms with Gasteiger partial charge in [0, 0.05) is 0 Å². The molecule has 0 saturated carbocycles. The van der Waals surface area contributed by atoms with Crippen LogP contribution in [0.5, 0.6) is 11.5 Å². The van der Waals surface area contributed by atoms with Crippen molar-refractivity contribution in [2.75, 3.05) is 14.2 Å². The van der Waals surface area contributed by atoms with Crippen LogP contribution in [-0.4, -0.2) is 25.3 Å². The van der Waals surface area contributed by atoms with Crippen molar-refractivity contribution >= 4 is 5.97 Å². The highest BCUT2D eigenvalue weighted by atomic mass is 16.5. The fourth-order valence-corrected chi connectivity index (χ4v) is 2.48. The number of methoxy groups -OCH3 is 2. The number of ether oxygens (including phenoxy) is 2. The monoisotopic (exact) mass is 300 g/mol. The van der Waals surface area contributed by atoms with Crippen molar-refractivity contribution in [1.29, 1.82) is 0 Å². The van der Waals surface area contributed by atoms with Crippen LogP contribution in [0.15, 0.2) is 42.5 Å². The van der Waals surface area contributed by atoms with Crippen LogP contribution in [-0.2, 0) is 11.2 Å². The maximum atomic E-state index is 11.7. The Hall–Kier alpha value is -2.49. The number of hydrogen-bond donors (Lipinski definition) is 1. The highest BCUT2D eigenvalue weighted by Gasteiger charge is 2.23. The first-order valence-electron chi connectivity index (χ1n) is 7.06. The van der Waals surface area contributed by atoms with Gasteiger partial charge in [-0.3, -0.25) is 4.79 Å². The molecule has 116 valence electrons. The minimum atomic E-state index is -0.853. The molecule has 4 nitrogen and oxygen atoms in total. The van der Waals surface area contributed by atoms with Gasteiger partial charge < -0.3 is 14.6 Å². The van der Waals surface area contributed by atoms with Crippen molar-refractivity contribution in [1.82, 2.24) is 0 Å². The smallest absolute Gasteiger partial charge is 0.311 e. The zero-order valence-electron chi connectivity index (χ0n) is 13.0. The number of carbonyl (C=O) groups is 1. The zero-order valence-corrected chi connectivity index (χ0v) is 13.0. The van der Waals surface area contributed by atoms with Gasteiger partial charge in [0.25, 0.3) is 0 Å². The summed E-state index contributed by atoms with van der Waals surface area (Å²) in [5.41, 5.74) is 2.70. The van der Waals surface area contributed by atoms with Gasteiger partial charge in [-0.1, -0.05) is 42.0 Å². The second kappa shape index (κ2) is 6.98. The predicted octanol–water partition coefficient (Wildman–Crippen LogP) is 3.42. The van der Waals surface area contributed by atoms with E-state index < -0.39 is 11.9 Å². The van der Waals surface area contributed by atoms with Crippen LogP contribution in [0, 0.1) is 6.92 Å². The van der Waals surface area contributed by atoms with Gasteiger partial charge in [-0.05, 0) is 30.5 Å². The molecule has 0 amide bonds. The molecule has 22 heavy (non-hydrogen) atoms. The lowest BCUT2D eigenvalue weighted by atomic mass is 9.91. The van der Waals surface area contributed by atoms with E-state index in [9.17, 15) is 9.90 Å². The van der Waals surface area contributed by atoms with Crippen molar-refractivity contribution in [3.8, 4) is 11.5 Å². The summed E-state index contributed by atoms with van der Waals surface area (Å²) in [7, 11) is 3.12. The molecule has 0 saturated heterocycles. The van der Waals surface area contributed by atoms with E-state index in [0.29, 0.717) is 17.9 Å². The van der Waals surface area contributed by atoms with E-state index in [2.05, 4.69) is 0 Å². The van der Waals surface area contributed by atoms with Gasteiger partial charge in [0.05, 0.1) is 20.1 Å². The molecule has 0 bridgehead atoms. The van der Waals surface area contributed by atoms with Crippen molar-refractivity contribution in [3.63, 3.8) is 0 Å². The van der Waals surface area contributed by atoms with Crippen LogP contribution < -0.4 is 9.47 Å². The topological polar surface area (TPSA) is 55.8 Å². The van der Waals surface area contributed by atoms with Crippen LogP contribution in [0.25, 0.3) is 0 Å². The summed E-state index contributed by atoms with van der Waals surface area (Å²) in [6, 6.07) is 13.1. The molecule has 0 spiro atoms. The van der Waals surface area contributed by atoms with Crippen LogP contribution >= 0.6 is 0 Å². The Morgan fingerprint density at radius 1 is 1.09 bits per heavy atom. The van der Waals surface area contributed by atoms with Gasteiger partial charge in [-0.25, -0.2) is 0 Å². The Morgan fingerprint density at radius 2 is 1.77 bits per heavy atom. The minimum absolute atomic E-state index is 0.346. The molecule has 0 aliphatic rings. The normalized spacial score (nSPS) is 11.8. The lowest BCUT2D eigenvalue weighted by Gasteiger charge is -2.17. The van der Waals surface area contributed by atoms with E-state index in [4.69, 9.17) is 9.47 Å². The molecule has 0 fully saturated rings. The Morgan fingerprint density at radius 3 is 2.32 bits per heavy atom. The number of benzene rings is 2. The Balaban J connectivity index is 2.37. The van der Waals surface area contributed by atoms with Crippen LogP contribution in [0.1, 0.15) is 22.6 Å². The van der Waals surface area contributed by atoms with Crippen LogP contribution in [0.4, 0.5) is 0 Å². The van der Waals surface area contributed by atoms with E-state index in [1.54, 1.807) is 20.3 Å². The Kier molecular flexibility index (Phi) is 5.04. The second-order valence-corrected chi connectivity index (χ2v) is 5.16. The van der Waals surface area contributed by atoms with Crippen molar-refractivity contribution in [2.24, 2.45) is 0 Å². The minimum Gasteiger partial charge on any atom is -0.493 e. The molecule has 0 radical (unpaired) electrons. The summed E-state index contributed by atoms with van der Waals surface area (Å²) in [5, 5.41) is 9.58. The zero-order chi connectivity index (χ0) is 16.1. The van der Waals surface area contributed by atoms with E-state index in [1.807, 2.05) is 43.3 Å². The summed E-state index contributed by atoms with van der Waals surface area (Å²) in [5.74, 6) is -0.285. The third kappa shape index (κ3) is 3.39. The first-order valence-corrected chi connectivity index (χ1v) is 7.06. The third-order valence-corrected chi connectivity index (χ3v) is 3.69. The van der Waals surface area contributed by atoms with Crippen molar-refractivity contribution in [2.45, 2.75) is 19.3 Å². The quantitative estimate of drug-likeness (QED) is 0.888. The maximum Gasteiger partial charge on any atom is 0.311 e. The number of aliphatic carboxylic acids is 1. The maximum absolute atomic E-state index is 11.7. The molecule has 0 aromatic heterocycles. The van der Waals surface area contributed by atoms with Gasteiger partial charge >= 0.3 is 5.97 Å². The number of carboxylic acid groups (broad SMARTS) is 1. The standard InChI is InChI=1S/C18H20O4/c1-12-7-9-13(10-8-12)15(18(19)20)11-14-5-4-6-16(21-2)17(14)22-3/h4-10,15H,11H2,1-3H3,(H,19,20). The van der Waals surface area contributed by atoms with Gasteiger partial charge in [-0.2, -0.15) is 0 Å². The summed E-state index contributed by atoms with van der Waals surface area (Å²) in [6.07, 6.45) is 0.346.